The van der Waals surface area contributed by atoms with E-state index < -0.39 is 0 Å². The molecule has 8 heteroatoms. The van der Waals surface area contributed by atoms with E-state index in [2.05, 4.69) is 15.5 Å². The monoisotopic (exact) mass is 397 g/mol. The van der Waals surface area contributed by atoms with Gasteiger partial charge in [0.2, 0.25) is 11.1 Å². The quantitative estimate of drug-likeness (QED) is 0.541. The number of carbonyl (C=O) groups is 1. The van der Waals surface area contributed by atoms with Gasteiger partial charge in [-0.1, -0.05) is 42.1 Å². The summed E-state index contributed by atoms with van der Waals surface area (Å²) in [4.78, 5) is 14.8. The van der Waals surface area contributed by atoms with Crippen LogP contribution in [-0.4, -0.2) is 44.5 Å². The second-order valence-electron chi connectivity index (χ2n) is 5.95. The normalized spacial score (nSPS) is 11.8. The van der Waals surface area contributed by atoms with Crippen molar-refractivity contribution in [1.82, 2.24) is 20.2 Å². The minimum Gasteiger partial charge on any atom is -0.492 e. The lowest BCUT2D eigenvalue weighted by Crippen LogP contribution is -2.36. The molecule has 7 nitrogen and oxygen atoms in total. The predicted molar refractivity (Wildman–Crippen MR) is 110 cm³/mol. The van der Waals surface area contributed by atoms with Gasteiger partial charge >= 0.3 is 0 Å². The predicted octanol–water partition coefficient (Wildman–Crippen LogP) is 3.59. The third kappa shape index (κ3) is 4.33. The van der Waals surface area contributed by atoms with Gasteiger partial charge in [0, 0.05) is 12.2 Å². The summed E-state index contributed by atoms with van der Waals surface area (Å²) in [7, 11) is 0. The van der Waals surface area contributed by atoms with Crippen molar-refractivity contribution in [2.24, 2.45) is 0 Å². The zero-order valence-corrected chi connectivity index (χ0v) is 17.0. The Morgan fingerprint density at radius 2 is 1.86 bits per heavy atom. The Hall–Kier alpha value is -2.87. The minimum atomic E-state index is -0.357. The molecular weight excluding hydrogens is 374 g/mol. The summed E-state index contributed by atoms with van der Waals surface area (Å²) < 4.78 is 7.29. The van der Waals surface area contributed by atoms with Gasteiger partial charge in [0.05, 0.1) is 11.9 Å². The Morgan fingerprint density at radius 1 is 1.14 bits per heavy atom. The van der Waals surface area contributed by atoms with E-state index in [1.54, 1.807) is 9.58 Å². The smallest absolute Gasteiger partial charge is 0.240 e. The summed E-state index contributed by atoms with van der Waals surface area (Å²) >= 11 is 1.33. The lowest BCUT2D eigenvalue weighted by molar-refractivity contribution is -0.117. The molecule has 3 aromatic rings. The van der Waals surface area contributed by atoms with E-state index in [1.165, 1.54) is 11.8 Å². The molecule has 0 aliphatic rings. The fourth-order valence-electron chi connectivity index (χ4n) is 2.81. The van der Waals surface area contributed by atoms with Gasteiger partial charge in [-0.05, 0) is 55.5 Å². The molecule has 1 atom stereocenters. The third-order valence-corrected chi connectivity index (χ3v) is 5.13. The van der Waals surface area contributed by atoms with Crippen LogP contribution in [0, 0.1) is 0 Å². The maximum atomic E-state index is 13.0. The number of rotatable bonds is 8. The number of hydrogen-bond donors (Lipinski definition) is 0. The average Bonchev–Trinajstić information content (AvgIpc) is 3.18. The summed E-state index contributed by atoms with van der Waals surface area (Å²) in [5.41, 5.74) is 1.62. The van der Waals surface area contributed by atoms with Gasteiger partial charge in [-0.2, -0.15) is 4.68 Å². The highest BCUT2D eigenvalue weighted by molar-refractivity contribution is 8.00. The molecule has 0 saturated carbocycles. The molecule has 0 spiro atoms. The highest BCUT2D eigenvalue weighted by Crippen LogP contribution is 2.29. The Labute approximate surface area is 168 Å². The van der Waals surface area contributed by atoms with Crippen LogP contribution in [0.4, 0.5) is 5.69 Å². The number of hydrogen-bond acceptors (Lipinski definition) is 6. The van der Waals surface area contributed by atoms with Gasteiger partial charge in [-0.15, -0.1) is 5.10 Å². The number of nitrogens with zero attached hydrogens (tertiary/aromatic N) is 5. The van der Waals surface area contributed by atoms with Crippen LogP contribution in [0.25, 0.3) is 5.69 Å². The van der Waals surface area contributed by atoms with E-state index in [0.717, 1.165) is 11.4 Å². The van der Waals surface area contributed by atoms with Gasteiger partial charge in [0.1, 0.15) is 11.4 Å². The molecule has 146 valence electrons. The van der Waals surface area contributed by atoms with Crippen molar-refractivity contribution >= 4 is 23.4 Å². The highest BCUT2D eigenvalue weighted by Gasteiger charge is 2.25. The molecule has 0 aliphatic carbocycles. The number of para-hydroxylation sites is 3. The molecule has 1 aromatic heterocycles. The van der Waals surface area contributed by atoms with Crippen LogP contribution in [0.1, 0.15) is 20.8 Å². The topological polar surface area (TPSA) is 73.1 Å². The Kier molecular flexibility index (Phi) is 6.65. The van der Waals surface area contributed by atoms with Crippen molar-refractivity contribution < 1.29 is 9.53 Å². The van der Waals surface area contributed by atoms with E-state index >= 15 is 0 Å². The molecule has 3 rings (SSSR count). The SMILES string of the molecule is CCOc1ccccc1-n1nnnc1SC(C)C(=O)N(CC)c1ccccc1. The second-order valence-corrected chi connectivity index (χ2v) is 7.26. The van der Waals surface area contributed by atoms with Crippen molar-refractivity contribution in [3.05, 3.63) is 54.6 Å². The molecule has 0 radical (unpaired) electrons. The van der Waals surface area contributed by atoms with Crippen molar-refractivity contribution in [1.29, 1.82) is 0 Å². The molecule has 0 N–H and O–H groups in total. The fourth-order valence-corrected chi connectivity index (χ4v) is 3.68. The van der Waals surface area contributed by atoms with Crippen LogP contribution in [0.5, 0.6) is 5.75 Å². The molecule has 1 unspecified atom stereocenters. The number of aromatic nitrogens is 4. The van der Waals surface area contributed by atoms with Crippen molar-refractivity contribution in [2.45, 2.75) is 31.2 Å². The highest BCUT2D eigenvalue weighted by atomic mass is 32.2. The summed E-state index contributed by atoms with van der Waals surface area (Å²) in [5.74, 6) is 0.698. The maximum absolute atomic E-state index is 13.0. The first kappa shape index (κ1) is 19.9. The van der Waals surface area contributed by atoms with Crippen LogP contribution in [0.3, 0.4) is 0 Å². The lowest BCUT2D eigenvalue weighted by Gasteiger charge is -2.24. The zero-order chi connectivity index (χ0) is 19.9. The molecule has 0 bridgehead atoms. The molecule has 0 aliphatic heterocycles. The van der Waals surface area contributed by atoms with Gasteiger partial charge in [-0.25, -0.2) is 0 Å². The first-order chi connectivity index (χ1) is 13.7. The van der Waals surface area contributed by atoms with Crippen LogP contribution in [0.2, 0.25) is 0 Å². The number of carbonyl (C=O) groups excluding carboxylic acids is 1. The van der Waals surface area contributed by atoms with E-state index in [1.807, 2.05) is 75.4 Å². The van der Waals surface area contributed by atoms with Crippen molar-refractivity contribution in [3.63, 3.8) is 0 Å². The summed E-state index contributed by atoms with van der Waals surface area (Å²) in [6, 6.07) is 17.2. The molecular formula is C20H23N5O2S. The number of benzene rings is 2. The van der Waals surface area contributed by atoms with Crippen LogP contribution in [-0.2, 0) is 4.79 Å². The lowest BCUT2D eigenvalue weighted by atomic mass is 10.2. The van der Waals surface area contributed by atoms with Gasteiger partial charge < -0.3 is 9.64 Å². The Morgan fingerprint density at radius 3 is 2.57 bits per heavy atom. The summed E-state index contributed by atoms with van der Waals surface area (Å²) in [6.45, 7) is 6.89. The number of thioether (sulfide) groups is 1. The standard InChI is InChI=1S/C20H23N5O2S/c1-4-24(16-11-7-6-8-12-16)19(26)15(3)28-20-21-22-23-25(20)17-13-9-10-14-18(17)27-5-2/h6-15H,4-5H2,1-3H3. The largest absolute Gasteiger partial charge is 0.492 e. The third-order valence-electron chi connectivity index (χ3n) is 4.11. The van der Waals surface area contributed by atoms with E-state index in [-0.39, 0.29) is 11.2 Å². The van der Waals surface area contributed by atoms with Crippen LogP contribution >= 0.6 is 11.8 Å². The van der Waals surface area contributed by atoms with Gasteiger partial charge in [0.15, 0.2) is 0 Å². The van der Waals surface area contributed by atoms with E-state index in [4.69, 9.17) is 4.74 Å². The van der Waals surface area contributed by atoms with E-state index in [0.29, 0.717) is 24.1 Å². The molecule has 28 heavy (non-hydrogen) atoms. The van der Waals surface area contributed by atoms with Gasteiger partial charge in [-0.3, -0.25) is 4.79 Å². The first-order valence-electron chi connectivity index (χ1n) is 9.19. The van der Waals surface area contributed by atoms with Crippen LogP contribution < -0.4 is 9.64 Å². The number of anilines is 1. The average molecular weight is 398 g/mol. The number of ether oxygens (including phenoxy) is 1. The molecule has 1 amide bonds. The molecule has 1 heterocycles. The van der Waals surface area contributed by atoms with Crippen molar-refractivity contribution in [3.8, 4) is 11.4 Å². The van der Waals surface area contributed by atoms with Gasteiger partial charge in [0.25, 0.3) is 0 Å². The fraction of sp³-hybridized carbons (Fsp3) is 0.300. The molecule has 0 saturated heterocycles. The Balaban J connectivity index is 1.82. The number of amides is 1. The van der Waals surface area contributed by atoms with Crippen LogP contribution in [0.15, 0.2) is 59.8 Å². The minimum absolute atomic E-state index is 0.00587. The van der Waals surface area contributed by atoms with Crippen molar-refractivity contribution in [2.75, 3.05) is 18.1 Å². The Bertz CT molecular complexity index is 916. The first-order valence-corrected chi connectivity index (χ1v) is 10.1. The molecule has 2 aromatic carbocycles. The second kappa shape index (κ2) is 9.36. The number of tetrazole rings is 1. The summed E-state index contributed by atoms with van der Waals surface area (Å²) in [6.07, 6.45) is 0. The van der Waals surface area contributed by atoms with E-state index in [9.17, 15) is 4.79 Å². The molecule has 0 fully saturated rings. The maximum Gasteiger partial charge on any atom is 0.240 e. The summed E-state index contributed by atoms with van der Waals surface area (Å²) in [5, 5.41) is 12.2. The zero-order valence-electron chi connectivity index (χ0n) is 16.1.